The van der Waals surface area contributed by atoms with E-state index in [1.807, 2.05) is 4.90 Å². The molecule has 1 N–H and O–H groups in total. The van der Waals surface area contributed by atoms with Crippen molar-refractivity contribution < 1.29 is 18.7 Å². The molecule has 2 heterocycles. The third-order valence-electron chi connectivity index (χ3n) is 5.25. The highest BCUT2D eigenvalue weighted by molar-refractivity contribution is 5.94. The van der Waals surface area contributed by atoms with E-state index in [0.29, 0.717) is 44.9 Å². The maximum absolute atomic E-state index is 13.1. The highest BCUT2D eigenvalue weighted by atomic mass is 19.1. The van der Waals surface area contributed by atoms with Crippen LogP contribution in [0.1, 0.15) is 16.8 Å². The number of carbonyl (C=O) groups excluding carboxylic acids is 2. The summed E-state index contributed by atoms with van der Waals surface area (Å²) >= 11 is 0. The van der Waals surface area contributed by atoms with Crippen LogP contribution < -0.4 is 5.32 Å². The quantitative estimate of drug-likeness (QED) is 0.757. The lowest BCUT2D eigenvalue weighted by Crippen LogP contribution is -2.52. The van der Waals surface area contributed by atoms with Crippen molar-refractivity contribution in [2.45, 2.75) is 12.5 Å². The molecule has 1 aromatic carbocycles. The Balaban J connectivity index is 1.49. The molecule has 7 nitrogen and oxygen atoms in total. The molecule has 2 aliphatic rings. The van der Waals surface area contributed by atoms with Crippen molar-refractivity contribution in [1.29, 1.82) is 0 Å². The molecule has 2 saturated heterocycles. The summed E-state index contributed by atoms with van der Waals surface area (Å²) in [7, 11) is 0. The van der Waals surface area contributed by atoms with Gasteiger partial charge in [-0.05, 0) is 37.2 Å². The molecule has 0 spiro atoms. The van der Waals surface area contributed by atoms with Crippen LogP contribution in [0.3, 0.4) is 0 Å². The molecule has 0 unspecified atom stereocenters. The van der Waals surface area contributed by atoms with Crippen LogP contribution in [0.2, 0.25) is 0 Å². The Kier molecular flexibility index (Phi) is 7.60. The second-order valence-electron chi connectivity index (χ2n) is 7.37. The minimum Gasteiger partial charge on any atom is -0.373 e. The number of benzene rings is 1. The summed E-state index contributed by atoms with van der Waals surface area (Å²) < 4.78 is 19.0. The fraction of sp³-hybridized carbons (Fsp3) is 0.524. The number of urea groups is 1. The number of morpholine rings is 1. The Morgan fingerprint density at radius 1 is 1.14 bits per heavy atom. The normalized spacial score (nSPS) is 20.8. The Bertz CT molecular complexity index is 712. The summed E-state index contributed by atoms with van der Waals surface area (Å²) in [5.41, 5.74) is 0.511. The van der Waals surface area contributed by atoms with Gasteiger partial charge in [-0.2, -0.15) is 0 Å². The second-order valence-corrected chi connectivity index (χ2v) is 7.37. The Hall–Kier alpha value is -2.45. The van der Waals surface area contributed by atoms with Gasteiger partial charge in [0.05, 0.1) is 12.7 Å². The van der Waals surface area contributed by atoms with E-state index in [1.54, 1.807) is 11.0 Å². The van der Waals surface area contributed by atoms with E-state index in [2.05, 4.69) is 16.8 Å². The number of rotatable bonds is 5. The van der Waals surface area contributed by atoms with Crippen LogP contribution in [0.5, 0.6) is 0 Å². The van der Waals surface area contributed by atoms with Gasteiger partial charge >= 0.3 is 6.03 Å². The van der Waals surface area contributed by atoms with Gasteiger partial charge in [-0.1, -0.05) is 6.08 Å². The second kappa shape index (κ2) is 10.4. The molecule has 3 rings (SSSR count). The van der Waals surface area contributed by atoms with Crippen molar-refractivity contribution in [2.24, 2.45) is 0 Å². The van der Waals surface area contributed by atoms with Gasteiger partial charge in [-0.25, -0.2) is 9.18 Å². The van der Waals surface area contributed by atoms with Crippen LogP contribution in [-0.4, -0.2) is 91.7 Å². The van der Waals surface area contributed by atoms with E-state index in [9.17, 15) is 14.0 Å². The highest BCUT2D eigenvalue weighted by Crippen LogP contribution is 2.13. The van der Waals surface area contributed by atoms with Gasteiger partial charge in [0.2, 0.25) is 0 Å². The summed E-state index contributed by atoms with van der Waals surface area (Å²) in [6.45, 7) is 9.35. The topological polar surface area (TPSA) is 65.1 Å². The summed E-state index contributed by atoms with van der Waals surface area (Å²) in [5.74, 6) is -0.408. The molecule has 0 aromatic heterocycles. The molecule has 0 bridgehead atoms. The van der Waals surface area contributed by atoms with Crippen molar-refractivity contribution in [1.82, 2.24) is 20.0 Å². The first kappa shape index (κ1) is 21.3. The minimum atomic E-state index is -0.344. The third-order valence-corrected chi connectivity index (χ3v) is 5.25. The van der Waals surface area contributed by atoms with Crippen molar-refractivity contribution in [3.8, 4) is 0 Å². The largest absolute Gasteiger partial charge is 0.373 e. The van der Waals surface area contributed by atoms with Gasteiger partial charge in [0.15, 0.2) is 0 Å². The molecule has 8 heteroatoms. The van der Waals surface area contributed by atoms with Crippen molar-refractivity contribution >= 4 is 11.9 Å². The number of carbonyl (C=O) groups is 2. The van der Waals surface area contributed by atoms with Crippen LogP contribution in [-0.2, 0) is 4.74 Å². The molecule has 158 valence electrons. The average molecular weight is 404 g/mol. The molecule has 3 amide bonds. The molecular formula is C21H29FN4O3. The number of ether oxygens (including phenoxy) is 1. The summed E-state index contributed by atoms with van der Waals surface area (Å²) in [5, 5.41) is 2.81. The van der Waals surface area contributed by atoms with Gasteiger partial charge in [0, 0.05) is 51.4 Å². The van der Waals surface area contributed by atoms with Crippen LogP contribution in [0, 0.1) is 5.82 Å². The highest BCUT2D eigenvalue weighted by Gasteiger charge is 2.27. The first-order valence-corrected chi connectivity index (χ1v) is 10.1. The fourth-order valence-corrected chi connectivity index (χ4v) is 3.71. The summed E-state index contributed by atoms with van der Waals surface area (Å²) in [6.07, 6.45) is 2.48. The third kappa shape index (κ3) is 6.01. The van der Waals surface area contributed by atoms with Crippen LogP contribution in [0.25, 0.3) is 0 Å². The fourth-order valence-electron chi connectivity index (χ4n) is 3.71. The number of halogens is 1. The number of hydrogen-bond donors (Lipinski definition) is 1. The molecule has 0 aliphatic carbocycles. The lowest BCUT2D eigenvalue weighted by Gasteiger charge is -2.35. The van der Waals surface area contributed by atoms with Gasteiger partial charge in [0.25, 0.3) is 5.91 Å². The number of hydrogen-bond acceptors (Lipinski definition) is 4. The monoisotopic (exact) mass is 404 g/mol. The minimum absolute atomic E-state index is 0.0439. The van der Waals surface area contributed by atoms with Crippen LogP contribution in [0.4, 0.5) is 9.18 Å². The van der Waals surface area contributed by atoms with E-state index in [0.717, 1.165) is 26.1 Å². The molecule has 0 saturated carbocycles. The molecule has 1 atom stereocenters. The Morgan fingerprint density at radius 3 is 2.69 bits per heavy atom. The van der Waals surface area contributed by atoms with Gasteiger partial charge < -0.3 is 19.9 Å². The van der Waals surface area contributed by atoms with Crippen molar-refractivity contribution in [3.05, 3.63) is 48.3 Å². The van der Waals surface area contributed by atoms with Gasteiger partial charge in [-0.15, -0.1) is 6.58 Å². The number of nitrogens with zero attached hydrogens (tertiary/aromatic N) is 3. The molecule has 29 heavy (non-hydrogen) atoms. The van der Waals surface area contributed by atoms with E-state index in [4.69, 9.17) is 4.74 Å². The van der Waals surface area contributed by atoms with Gasteiger partial charge in [-0.3, -0.25) is 9.69 Å². The van der Waals surface area contributed by atoms with Crippen LogP contribution >= 0.6 is 0 Å². The molecular weight excluding hydrogens is 375 g/mol. The predicted octanol–water partition coefficient (Wildman–Crippen LogP) is 1.57. The standard InChI is InChI=1S/C21H29FN4O3/c1-2-8-23-21(28)26-13-14-29-19(16-26)15-24-9-3-10-25(12-11-24)20(27)17-4-6-18(22)7-5-17/h2,4-7,19H,1,3,8-16H2,(H,23,28)/t19-/m1/s1. The predicted molar refractivity (Wildman–Crippen MR) is 108 cm³/mol. The number of amides is 3. The smallest absolute Gasteiger partial charge is 0.317 e. The lowest BCUT2D eigenvalue weighted by atomic mass is 10.2. The Morgan fingerprint density at radius 2 is 1.93 bits per heavy atom. The summed E-state index contributed by atoms with van der Waals surface area (Å²) in [6, 6.07) is 5.60. The molecule has 2 fully saturated rings. The van der Waals surface area contributed by atoms with E-state index >= 15 is 0 Å². The molecule has 1 aromatic rings. The zero-order valence-electron chi connectivity index (χ0n) is 16.7. The first-order valence-electron chi connectivity index (χ1n) is 10.1. The zero-order chi connectivity index (χ0) is 20.6. The lowest BCUT2D eigenvalue weighted by molar-refractivity contribution is -0.0298. The average Bonchev–Trinajstić information content (AvgIpc) is 2.98. The SMILES string of the molecule is C=CCNC(=O)N1CCO[C@H](CN2CCCN(C(=O)c3ccc(F)cc3)CC2)C1. The maximum Gasteiger partial charge on any atom is 0.317 e. The van der Waals surface area contributed by atoms with Crippen molar-refractivity contribution in [3.63, 3.8) is 0 Å². The van der Waals surface area contributed by atoms with E-state index < -0.39 is 0 Å². The van der Waals surface area contributed by atoms with Crippen LogP contribution in [0.15, 0.2) is 36.9 Å². The first-order chi connectivity index (χ1) is 14.1. The van der Waals surface area contributed by atoms with E-state index in [1.165, 1.54) is 24.3 Å². The van der Waals surface area contributed by atoms with Gasteiger partial charge in [0.1, 0.15) is 5.82 Å². The maximum atomic E-state index is 13.1. The molecule has 2 aliphatic heterocycles. The zero-order valence-corrected chi connectivity index (χ0v) is 16.7. The Labute approximate surface area is 171 Å². The van der Waals surface area contributed by atoms with Crippen molar-refractivity contribution in [2.75, 3.05) is 59.0 Å². The number of nitrogens with one attached hydrogen (secondary N) is 1. The molecule has 0 radical (unpaired) electrons. The van der Waals surface area contributed by atoms with E-state index in [-0.39, 0.29) is 23.9 Å². The summed E-state index contributed by atoms with van der Waals surface area (Å²) in [4.78, 5) is 30.7.